The largest absolute Gasteiger partial charge is 0.311 e. The average Bonchev–Trinajstić information content (AvgIpc) is 2.88. The van der Waals surface area contributed by atoms with Gasteiger partial charge in [-0.2, -0.15) is 0 Å². The lowest BCUT2D eigenvalue weighted by molar-refractivity contribution is 0.101. The van der Waals surface area contributed by atoms with Gasteiger partial charge in [0.1, 0.15) is 0 Å². The fourth-order valence-corrected chi connectivity index (χ4v) is 3.15. The molecule has 0 aliphatic heterocycles. The summed E-state index contributed by atoms with van der Waals surface area (Å²) in [6.45, 7) is 1.61. The van der Waals surface area contributed by atoms with E-state index in [0.29, 0.717) is 0 Å². The van der Waals surface area contributed by atoms with Gasteiger partial charge in [0, 0.05) is 17.1 Å². The molecule has 0 saturated heterocycles. The quantitative estimate of drug-likeness (QED) is 0.445. The Morgan fingerprint density at radius 2 is 1.71 bits per heavy atom. The van der Waals surface area contributed by atoms with Crippen molar-refractivity contribution < 1.29 is 4.79 Å². The maximum Gasteiger partial charge on any atom is 0.161 e. The number of fused-ring (bicyclic) bond motifs is 1. The summed E-state index contributed by atoms with van der Waals surface area (Å²) in [6.07, 6.45) is 4.03. The van der Waals surface area contributed by atoms with Gasteiger partial charge >= 0.3 is 0 Å². The van der Waals surface area contributed by atoms with Crippen LogP contribution in [0.4, 0.5) is 0 Å². The van der Waals surface area contributed by atoms with E-state index >= 15 is 0 Å². The molecule has 2 nitrogen and oxygen atoms in total. The highest BCUT2D eigenvalue weighted by Crippen LogP contribution is 2.28. The number of carbonyl (C=O) groups excluding carboxylic acids is 1. The number of carbonyl (C=O) groups is 1. The Kier molecular flexibility index (Phi) is 3.92. The molecule has 0 amide bonds. The number of hydrogen-bond acceptors (Lipinski definition) is 1. The summed E-state index contributed by atoms with van der Waals surface area (Å²) >= 11 is 2.31. The van der Waals surface area contributed by atoms with Gasteiger partial charge in [-0.1, -0.05) is 48.5 Å². The Labute approximate surface area is 137 Å². The van der Waals surface area contributed by atoms with E-state index in [-0.39, 0.29) is 5.78 Å². The molecule has 0 aliphatic carbocycles. The van der Waals surface area contributed by atoms with Gasteiger partial charge in [-0.15, -0.1) is 0 Å². The summed E-state index contributed by atoms with van der Waals surface area (Å²) in [7, 11) is 0. The number of ketones is 1. The highest BCUT2D eigenvalue weighted by atomic mass is 127. The van der Waals surface area contributed by atoms with Crippen LogP contribution in [0, 0.1) is 0 Å². The van der Waals surface area contributed by atoms with Crippen LogP contribution in [-0.2, 0) is 0 Å². The summed E-state index contributed by atoms with van der Waals surface area (Å²) in [4.78, 5) is 11.8. The van der Waals surface area contributed by atoms with Crippen molar-refractivity contribution in [2.45, 2.75) is 6.92 Å². The molecule has 2 aromatic carbocycles. The molecule has 0 fully saturated rings. The van der Waals surface area contributed by atoms with Crippen molar-refractivity contribution >= 4 is 49.1 Å². The van der Waals surface area contributed by atoms with E-state index in [1.54, 1.807) is 6.92 Å². The molecule has 0 aliphatic rings. The number of hydrogen-bond donors (Lipinski definition) is 0. The van der Waals surface area contributed by atoms with Crippen molar-refractivity contribution in [3.05, 3.63) is 71.9 Å². The Morgan fingerprint density at radius 1 is 1.05 bits per heavy atom. The standard InChI is InChI=1S/C18H14INO/c1-13(21)16-12-20(17-10-6-5-9-15(16)17)18(19)11-14-7-3-2-4-8-14/h2-12H,1H3/b18-11-. The molecular formula is C18H14INO. The Hall–Kier alpha value is -1.88. The summed E-state index contributed by atoms with van der Waals surface area (Å²) in [5.41, 5.74) is 2.96. The number of benzene rings is 2. The fraction of sp³-hybridized carbons (Fsp3) is 0.0556. The van der Waals surface area contributed by atoms with E-state index in [1.807, 2.05) is 48.7 Å². The van der Waals surface area contributed by atoms with Crippen molar-refractivity contribution in [3.63, 3.8) is 0 Å². The molecule has 1 heterocycles. The maximum atomic E-state index is 11.8. The molecule has 0 saturated carbocycles. The van der Waals surface area contributed by atoms with Crippen LogP contribution in [-0.4, -0.2) is 10.4 Å². The number of rotatable bonds is 3. The van der Waals surface area contributed by atoms with Crippen molar-refractivity contribution in [2.24, 2.45) is 0 Å². The van der Waals surface area contributed by atoms with Crippen molar-refractivity contribution in [3.8, 4) is 0 Å². The molecule has 0 bridgehead atoms. The number of para-hydroxylation sites is 1. The van der Waals surface area contributed by atoms with Crippen molar-refractivity contribution in [1.29, 1.82) is 0 Å². The van der Waals surface area contributed by atoms with E-state index in [0.717, 1.165) is 25.7 Å². The molecule has 1 aromatic heterocycles. The number of Topliss-reactive ketones (excluding diaryl/α,β-unsaturated/α-hetero) is 1. The lowest BCUT2D eigenvalue weighted by Gasteiger charge is -2.04. The van der Waals surface area contributed by atoms with Gasteiger partial charge in [0.15, 0.2) is 5.78 Å². The number of halogens is 1. The number of aromatic nitrogens is 1. The van der Waals surface area contributed by atoms with Gasteiger partial charge in [0.25, 0.3) is 0 Å². The molecule has 0 unspecified atom stereocenters. The second-order valence-corrected chi connectivity index (χ2v) is 5.97. The van der Waals surface area contributed by atoms with E-state index in [4.69, 9.17) is 0 Å². The monoisotopic (exact) mass is 387 g/mol. The molecule has 3 heteroatoms. The first-order valence-electron chi connectivity index (χ1n) is 6.70. The zero-order valence-electron chi connectivity index (χ0n) is 11.6. The minimum Gasteiger partial charge on any atom is -0.311 e. The van der Waals surface area contributed by atoms with Crippen molar-refractivity contribution in [2.75, 3.05) is 0 Å². The van der Waals surface area contributed by atoms with E-state index in [1.165, 1.54) is 0 Å². The lowest BCUT2D eigenvalue weighted by Crippen LogP contribution is -1.90. The lowest BCUT2D eigenvalue weighted by atomic mass is 10.1. The third kappa shape index (κ3) is 2.78. The predicted octanol–water partition coefficient (Wildman–Crippen LogP) is 5.23. The highest BCUT2D eigenvalue weighted by Gasteiger charge is 2.12. The second kappa shape index (κ2) is 5.85. The average molecular weight is 387 g/mol. The van der Waals surface area contributed by atoms with Crippen LogP contribution >= 0.6 is 22.6 Å². The van der Waals surface area contributed by atoms with Gasteiger partial charge in [0.2, 0.25) is 0 Å². The van der Waals surface area contributed by atoms with Crippen LogP contribution < -0.4 is 0 Å². The predicted molar refractivity (Wildman–Crippen MR) is 96.6 cm³/mol. The molecule has 0 spiro atoms. The molecule has 0 radical (unpaired) electrons. The summed E-state index contributed by atoms with van der Waals surface area (Å²) in [5, 5.41) is 1.00. The van der Waals surface area contributed by atoms with Gasteiger partial charge in [-0.05, 0) is 47.2 Å². The van der Waals surface area contributed by atoms with Crippen LogP contribution in [0.1, 0.15) is 22.8 Å². The SMILES string of the molecule is CC(=O)c1cn(/C(I)=C\c2ccccc2)c2ccccc12. The molecule has 3 aromatic rings. The maximum absolute atomic E-state index is 11.8. The summed E-state index contributed by atoms with van der Waals surface area (Å²) in [5.74, 6) is 0.0915. The molecule has 21 heavy (non-hydrogen) atoms. The molecule has 104 valence electrons. The van der Waals surface area contributed by atoms with E-state index in [2.05, 4.69) is 45.4 Å². The molecule has 3 rings (SSSR count). The van der Waals surface area contributed by atoms with Crippen LogP contribution in [0.5, 0.6) is 0 Å². The zero-order chi connectivity index (χ0) is 14.8. The van der Waals surface area contributed by atoms with Gasteiger partial charge in [0.05, 0.1) is 9.22 Å². The highest BCUT2D eigenvalue weighted by molar-refractivity contribution is 14.1. The minimum absolute atomic E-state index is 0.0915. The molecule has 0 N–H and O–H groups in total. The number of nitrogens with zero attached hydrogens (tertiary/aromatic N) is 1. The van der Waals surface area contributed by atoms with E-state index in [9.17, 15) is 4.79 Å². The first-order chi connectivity index (χ1) is 10.2. The summed E-state index contributed by atoms with van der Waals surface area (Å²) in [6, 6.07) is 18.2. The normalized spacial score (nSPS) is 11.8. The molecular weight excluding hydrogens is 373 g/mol. The Balaban J connectivity index is 2.17. The zero-order valence-corrected chi connectivity index (χ0v) is 13.7. The third-order valence-corrected chi connectivity index (χ3v) is 4.24. The first-order valence-corrected chi connectivity index (χ1v) is 7.78. The Morgan fingerprint density at radius 3 is 2.43 bits per heavy atom. The molecule has 0 atom stereocenters. The van der Waals surface area contributed by atoms with Crippen LogP contribution in [0.2, 0.25) is 0 Å². The van der Waals surface area contributed by atoms with Gasteiger partial charge < -0.3 is 4.57 Å². The van der Waals surface area contributed by atoms with Crippen LogP contribution in [0.15, 0.2) is 60.8 Å². The first kappa shape index (κ1) is 14.1. The third-order valence-electron chi connectivity index (χ3n) is 3.41. The van der Waals surface area contributed by atoms with Gasteiger partial charge in [-0.3, -0.25) is 4.79 Å². The smallest absolute Gasteiger partial charge is 0.161 e. The minimum atomic E-state index is 0.0915. The fourth-order valence-electron chi connectivity index (χ4n) is 2.39. The van der Waals surface area contributed by atoms with Gasteiger partial charge in [-0.25, -0.2) is 0 Å². The van der Waals surface area contributed by atoms with Crippen molar-refractivity contribution in [1.82, 2.24) is 4.57 Å². The topological polar surface area (TPSA) is 22.0 Å². The second-order valence-electron chi connectivity index (χ2n) is 4.86. The summed E-state index contributed by atoms with van der Waals surface area (Å²) < 4.78 is 3.13. The Bertz CT molecular complexity index is 831. The van der Waals surface area contributed by atoms with Crippen LogP contribution in [0.25, 0.3) is 20.7 Å². The van der Waals surface area contributed by atoms with E-state index < -0.39 is 0 Å². The van der Waals surface area contributed by atoms with Crippen LogP contribution in [0.3, 0.4) is 0 Å².